The van der Waals surface area contributed by atoms with E-state index in [9.17, 15) is 10.4 Å². The monoisotopic (exact) mass is 329 g/mol. The van der Waals surface area contributed by atoms with Gasteiger partial charge in [-0.1, -0.05) is 12.5 Å². The Hall–Kier alpha value is -1.83. The van der Waals surface area contributed by atoms with Crippen LogP contribution in [0.25, 0.3) is 0 Å². The number of anilines is 2. The number of aryl methyl sites for hydroxylation is 1. The average molecular weight is 329 g/mol. The molecule has 2 heterocycles. The first-order valence-corrected chi connectivity index (χ1v) is 8.87. The van der Waals surface area contributed by atoms with Crippen molar-refractivity contribution in [2.75, 3.05) is 36.4 Å². The van der Waals surface area contributed by atoms with Crippen LogP contribution < -0.4 is 15.7 Å². The zero-order chi connectivity index (χ0) is 16.5. The summed E-state index contributed by atoms with van der Waals surface area (Å²) in [6.45, 7) is 3.55. The predicted octanol–water partition coefficient (Wildman–Crippen LogP) is 2.14. The maximum atomic E-state index is 12.6. The van der Waals surface area contributed by atoms with Crippen LogP contribution >= 0.6 is 0 Å². The van der Waals surface area contributed by atoms with Crippen LogP contribution in [0.4, 0.5) is 11.4 Å². The largest absolute Gasteiger partial charge is 0.752 e. The minimum Gasteiger partial charge on any atom is -0.752 e. The lowest BCUT2D eigenvalue weighted by molar-refractivity contribution is 0.235. The predicted molar refractivity (Wildman–Crippen MR) is 95.9 cm³/mol. The molecule has 0 amide bonds. The first kappa shape index (κ1) is 15.7. The summed E-state index contributed by atoms with van der Waals surface area (Å²) in [6.07, 6.45) is 6.63. The molecule has 0 atom stereocenters. The van der Waals surface area contributed by atoms with Gasteiger partial charge in [-0.3, -0.25) is 10.4 Å². The topological polar surface area (TPSA) is 80.2 Å². The van der Waals surface area contributed by atoms with Gasteiger partial charge in [-0.15, -0.1) is 0 Å². The number of hydroxylamine groups is 1. The van der Waals surface area contributed by atoms with Gasteiger partial charge in [0.25, 0.3) is 0 Å². The SMILES string of the molecule is [O-]N1NC(=NCCN2CCCCC2)N([O-])c2ccc3c(c21)CCC3. The number of nitrogens with zero attached hydrogens (tertiary/aromatic N) is 4. The molecule has 3 aliphatic rings. The van der Waals surface area contributed by atoms with Crippen molar-refractivity contribution in [1.82, 2.24) is 10.3 Å². The summed E-state index contributed by atoms with van der Waals surface area (Å²) in [4.78, 5) is 6.70. The molecule has 1 N–H and O–H groups in total. The number of fused-ring (bicyclic) bond motifs is 3. The van der Waals surface area contributed by atoms with Gasteiger partial charge in [0.2, 0.25) is 5.96 Å². The Morgan fingerprint density at radius 1 is 1.04 bits per heavy atom. The standard InChI is InChI=1S/C17H23N5O2/c23-21-15-8-7-13-5-4-6-14(13)16(15)22(24)19-17(21)18-9-12-20-10-2-1-3-11-20/h7-8H,1-6,9-12H2,(H,18,19)/q-2. The fourth-order valence-electron chi connectivity index (χ4n) is 3.91. The molecule has 0 radical (unpaired) electrons. The normalized spacial score (nSPS) is 22.5. The summed E-state index contributed by atoms with van der Waals surface area (Å²) in [5.74, 6) is 0.0902. The molecule has 2 aliphatic heterocycles. The third-order valence-electron chi connectivity index (χ3n) is 5.17. The molecular formula is C17H23N5O2-2. The van der Waals surface area contributed by atoms with E-state index in [0.717, 1.165) is 49.5 Å². The van der Waals surface area contributed by atoms with E-state index < -0.39 is 0 Å². The molecule has 1 saturated heterocycles. The number of hydrogen-bond acceptors (Lipinski definition) is 5. The second-order valence-corrected chi connectivity index (χ2v) is 6.73. The van der Waals surface area contributed by atoms with Crippen LogP contribution in [-0.4, -0.2) is 37.0 Å². The van der Waals surface area contributed by atoms with Crippen molar-refractivity contribution < 1.29 is 0 Å². The molecule has 1 aromatic rings. The van der Waals surface area contributed by atoms with Crippen molar-refractivity contribution in [1.29, 1.82) is 0 Å². The fourth-order valence-corrected chi connectivity index (χ4v) is 3.91. The Kier molecular flexibility index (Phi) is 4.30. The van der Waals surface area contributed by atoms with Crippen LogP contribution in [0.3, 0.4) is 0 Å². The quantitative estimate of drug-likeness (QED) is 0.915. The van der Waals surface area contributed by atoms with Crippen molar-refractivity contribution >= 4 is 17.3 Å². The number of hydrogen-bond donors (Lipinski definition) is 1. The summed E-state index contributed by atoms with van der Waals surface area (Å²) < 4.78 is 0. The Morgan fingerprint density at radius 3 is 2.71 bits per heavy atom. The van der Waals surface area contributed by atoms with Crippen LogP contribution in [0.15, 0.2) is 17.1 Å². The van der Waals surface area contributed by atoms with Crippen LogP contribution in [0.1, 0.15) is 36.8 Å². The van der Waals surface area contributed by atoms with E-state index in [1.807, 2.05) is 6.07 Å². The Morgan fingerprint density at radius 2 is 1.88 bits per heavy atom. The highest BCUT2D eigenvalue weighted by Crippen LogP contribution is 2.40. The number of likely N-dealkylation sites (tertiary alicyclic amines) is 1. The van der Waals surface area contributed by atoms with Crippen molar-refractivity contribution in [2.45, 2.75) is 38.5 Å². The van der Waals surface area contributed by atoms with Crippen molar-refractivity contribution in [3.63, 3.8) is 0 Å². The summed E-state index contributed by atoms with van der Waals surface area (Å²) in [6, 6.07) is 3.72. The molecule has 0 saturated carbocycles. The third-order valence-corrected chi connectivity index (χ3v) is 5.17. The molecule has 130 valence electrons. The summed E-state index contributed by atoms with van der Waals surface area (Å²) in [5, 5.41) is 26.5. The van der Waals surface area contributed by atoms with Crippen molar-refractivity contribution in [2.24, 2.45) is 4.99 Å². The molecule has 24 heavy (non-hydrogen) atoms. The maximum absolute atomic E-state index is 12.6. The summed E-state index contributed by atoms with van der Waals surface area (Å²) in [7, 11) is 0. The van der Waals surface area contributed by atoms with Gasteiger partial charge in [0.15, 0.2) is 0 Å². The second-order valence-electron chi connectivity index (χ2n) is 6.73. The molecule has 1 aromatic carbocycles. The second kappa shape index (κ2) is 6.58. The maximum Gasteiger partial charge on any atom is 0.206 e. The number of guanidine groups is 1. The van der Waals surface area contributed by atoms with Gasteiger partial charge in [0.05, 0.1) is 17.9 Å². The van der Waals surface area contributed by atoms with Crippen molar-refractivity contribution in [3.8, 4) is 0 Å². The lowest BCUT2D eigenvalue weighted by Gasteiger charge is -2.47. The molecule has 0 bridgehead atoms. The van der Waals surface area contributed by atoms with Gasteiger partial charge in [-0.2, -0.15) is 0 Å². The molecule has 1 aliphatic carbocycles. The highest BCUT2D eigenvalue weighted by atomic mass is 16.6. The molecule has 1 fully saturated rings. The number of aliphatic imine (C=N–C) groups is 1. The van der Waals surface area contributed by atoms with E-state index in [1.165, 1.54) is 24.8 Å². The van der Waals surface area contributed by atoms with E-state index in [4.69, 9.17) is 0 Å². The van der Waals surface area contributed by atoms with Crippen molar-refractivity contribution in [3.05, 3.63) is 33.7 Å². The highest BCUT2D eigenvalue weighted by molar-refractivity contribution is 6.04. The fraction of sp³-hybridized carbons (Fsp3) is 0.588. The number of benzene rings is 1. The molecular weight excluding hydrogens is 306 g/mol. The third kappa shape index (κ3) is 2.83. The lowest BCUT2D eigenvalue weighted by atomic mass is 10.1. The number of rotatable bonds is 3. The smallest absolute Gasteiger partial charge is 0.206 e. The number of hydrazine groups is 1. The van der Waals surface area contributed by atoms with Crippen LogP contribution in [0, 0.1) is 10.4 Å². The minimum absolute atomic E-state index is 0.0902. The van der Waals surface area contributed by atoms with Gasteiger partial charge in [0.1, 0.15) is 0 Å². The Bertz CT molecular complexity index is 642. The number of nitrogens with one attached hydrogen (secondary N) is 1. The van der Waals surface area contributed by atoms with E-state index in [-0.39, 0.29) is 5.96 Å². The summed E-state index contributed by atoms with van der Waals surface area (Å²) in [5.41, 5.74) is 5.66. The Balaban J connectivity index is 1.49. The van der Waals surface area contributed by atoms with E-state index >= 15 is 0 Å². The Labute approximate surface area is 142 Å². The summed E-state index contributed by atoms with van der Waals surface area (Å²) >= 11 is 0. The van der Waals surface area contributed by atoms with Crippen LogP contribution in [0.2, 0.25) is 0 Å². The molecule has 7 heteroatoms. The minimum atomic E-state index is 0.0902. The van der Waals surface area contributed by atoms with Gasteiger partial charge in [-0.25, -0.2) is 0 Å². The van der Waals surface area contributed by atoms with Crippen LogP contribution in [-0.2, 0) is 12.8 Å². The molecule has 4 rings (SSSR count). The molecule has 0 spiro atoms. The van der Waals surface area contributed by atoms with Gasteiger partial charge in [0, 0.05) is 6.54 Å². The zero-order valence-corrected chi connectivity index (χ0v) is 13.8. The molecule has 0 unspecified atom stereocenters. The lowest BCUT2D eigenvalue weighted by Crippen LogP contribution is -2.51. The number of piperidine rings is 1. The van der Waals surface area contributed by atoms with Crippen LogP contribution in [0.5, 0.6) is 0 Å². The van der Waals surface area contributed by atoms with E-state index in [1.54, 1.807) is 6.07 Å². The molecule has 7 nitrogen and oxygen atoms in total. The zero-order valence-electron chi connectivity index (χ0n) is 13.8. The van der Waals surface area contributed by atoms with E-state index in [2.05, 4.69) is 15.3 Å². The highest BCUT2D eigenvalue weighted by Gasteiger charge is 2.24. The molecule has 0 aromatic heterocycles. The van der Waals surface area contributed by atoms with Gasteiger partial charge < -0.3 is 25.5 Å². The first-order valence-electron chi connectivity index (χ1n) is 8.87. The van der Waals surface area contributed by atoms with E-state index in [0.29, 0.717) is 23.1 Å². The van der Waals surface area contributed by atoms with Gasteiger partial charge in [-0.05, 0) is 62.4 Å². The average Bonchev–Trinajstić information content (AvgIpc) is 3.08. The van der Waals surface area contributed by atoms with Gasteiger partial charge >= 0.3 is 0 Å². The first-order chi connectivity index (χ1) is 11.7.